The van der Waals surface area contributed by atoms with Crippen LogP contribution in [0.25, 0.3) is 0 Å². The summed E-state index contributed by atoms with van der Waals surface area (Å²) in [5.41, 5.74) is 0.407. The van der Waals surface area contributed by atoms with Crippen molar-refractivity contribution in [2.75, 3.05) is 19.7 Å². The summed E-state index contributed by atoms with van der Waals surface area (Å²) in [6.45, 7) is 2.13. The van der Waals surface area contributed by atoms with Crippen LogP contribution in [0.3, 0.4) is 0 Å². The zero-order valence-corrected chi connectivity index (χ0v) is 19.2. The Hall–Kier alpha value is -2.72. The zero-order chi connectivity index (χ0) is 23.6. The summed E-state index contributed by atoms with van der Waals surface area (Å²) >= 11 is 0. The Morgan fingerprint density at radius 3 is 2.39 bits per heavy atom. The van der Waals surface area contributed by atoms with Gasteiger partial charge in [-0.15, -0.1) is 0 Å². The Morgan fingerprint density at radius 2 is 1.82 bits per heavy atom. The van der Waals surface area contributed by atoms with Crippen LogP contribution in [0.15, 0.2) is 45.9 Å². The average Bonchev–Trinajstić information content (AvgIpc) is 3.29. The van der Waals surface area contributed by atoms with Gasteiger partial charge in [-0.25, -0.2) is 17.6 Å². The maximum absolute atomic E-state index is 13.3. The first-order valence-electron chi connectivity index (χ1n) is 11.1. The van der Waals surface area contributed by atoms with E-state index in [4.69, 9.17) is 9.15 Å². The van der Waals surface area contributed by atoms with Gasteiger partial charge in [-0.1, -0.05) is 12.1 Å². The molecule has 1 aromatic carbocycles. The van der Waals surface area contributed by atoms with Crippen LogP contribution in [0, 0.1) is 11.7 Å². The third-order valence-electron chi connectivity index (χ3n) is 6.44. The molecule has 1 aromatic heterocycles. The molecule has 1 N–H and O–H groups in total. The third kappa shape index (κ3) is 4.67. The molecule has 8 nitrogen and oxygen atoms in total. The monoisotopic (exact) mass is 478 g/mol. The van der Waals surface area contributed by atoms with Gasteiger partial charge in [-0.2, -0.15) is 4.31 Å². The van der Waals surface area contributed by atoms with Crippen molar-refractivity contribution in [3.8, 4) is 0 Å². The number of hydrogen-bond acceptors (Lipinski definition) is 6. The summed E-state index contributed by atoms with van der Waals surface area (Å²) in [5, 5.41) is 2.83. The SMILES string of the molecule is CCOC(=O)c1ccc(S(=O)(=O)N2CCC(C(=O)NC3(c4ccc(F)cc4)CCC3)CC2)o1. The second-order valence-corrected chi connectivity index (χ2v) is 10.3. The van der Waals surface area contributed by atoms with Gasteiger partial charge in [0.05, 0.1) is 12.1 Å². The fourth-order valence-corrected chi connectivity index (χ4v) is 5.76. The van der Waals surface area contributed by atoms with Crippen molar-refractivity contribution in [2.45, 2.75) is 49.7 Å². The number of carbonyl (C=O) groups excluding carboxylic acids is 2. The second-order valence-electron chi connectivity index (χ2n) is 8.45. The van der Waals surface area contributed by atoms with Gasteiger partial charge >= 0.3 is 5.97 Å². The van der Waals surface area contributed by atoms with Crippen molar-refractivity contribution >= 4 is 21.9 Å². The quantitative estimate of drug-likeness (QED) is 0.613. The molecule has 1 saturated heterocycles. The van der Waals surface area contributed by atoms with Crippen molar-refractivity contribution in [1.82, 2.24) is 9.62 Å². The first kappa shape index (κ1) is 23.4. The normalized spacial score (nSPS) is 19.0. The molecule has 4 rings (SSSR count). The number of hydrogen-bond donors (Lipinski definition) is 1. The van der Waals surface area contributed by atoms with Gasteiger partial charge in [0.1, 0.15) is 5.82 Å². The predicted octanol–water partition coefficient (Wildman–Crippen LogP) is 3.19. The summed E-state index contributed by atoms with van der Waals surface area (Å²) in [6.07, 6.45) is 3.30. The Balaban J connectivity index is 1.37. The molecule has 1 saturated carbocycles. The highest BCUT2D eigenvalue weighted by atomic mass is 32.2. The topological polar surface area (TPSA) is 106 Å². The number of esters is 1. The van der Waals surface area contributed by atoms with Crippen LogP contribution >= 0.6 is 0 Å². The lowest BCUT2D eigenvalue weighted by Gasteiger charge is -2.44. The third-order valence-corrected chi connectivity index (χ3v) is 8.22. The lowest BCUT2D eigenvalue weighted by Crippen LogP contribution is -2.53. The van der Waals surface area contributed by atoms with Crippen LogP contribution in [0.4, 0.5) is 4.39 Å². The van der Waals surface area contributed by atoms with E-state index in [9.17, 15) is 22.4 Å². The molecule has 0 atom stereocenters. The number of ether oxygens (including phenoxy) is 1. The fraction of sp³-hybridized carbons (Fsp3) is 0.478. The molecule has 0 radical (unpaired) electrons. The van der Waals surface area contributed by atoms with E-state index in [1.165, 1.54) is 28.6 Å². The number of carbonyl (C=O) groups is 2. The van der Waals surface area contributed by atoms with Gasteiger partial charge < -0.3 is 14.5 Å². The van der Waals surface area contributed by atoms with Gasteiger partial charge in [0.2, 0.25) is 16.8 Å². The Morgan fingerprint density at radius 1 is 1.15 bits per heavy atom. The van der Waals surface area contributed by atoms with Crippen molar-refractivity contribution in [2.24, 2.45) is 5.92 Å². The fourth-order valence-electron chi connectivity index (χ4n) is 4.38. The molecule has 1 aliphatic carbocycles. The highest BCUT2D eigenvalue weighted by Gasteiger charge is 2.42. The molecule has 2 heterocycles. The average molecular weight is 479 g/mol. The van der Waals surface area contributed by atoms with Crippen molar-refractivity contribution < 1.29 is 31.6 Å². The largest absolute Gasteiger partial charge is 0.460 e. The summed E-state index contributed by atoms with van der Waals surface area (Å²) in [5.74, 6) is -1.64. The van der Waals surface area contributed by atoms with Crippen molar-refractivity contribution in [3.05, 3.63) is 53.5 Å². The number of sulfonamides is 1. The van der Waals surface area contributed by atoms with E-state index < -0.39 is 21.5 Å². The smallest absolute Gasteiger partial charge is 0.374 e. The maximum Gasteiger partial charge on any atom is 0.374 e. The van der Waals surface area contributed by atoms with E-state index >= 15 is 0 Å². The molecule has 178 valence electrons. The predicted molar refractivity (Wildman–Crippen MR) is 116 cm³/mol. The minimum absolute atomic E-state index is 0.112. The summed E-state index contributed by atoms with van der Waals surface area (Å²) in [7, 11) is -3.92. The molecule has 1 amide bonds. The number of nitrogens with zero attached hydrogens (tertiary/aromatic N) is 1. The van der Waals surface area contributed by atoms with Crippen LogP contribution in [-0.4, -0.2) is 44.3 Å². The summed E-state index contributed by atoms with van der Waals surface area (Å²) < 4.78 is 50.4. The van der Waals surface area contributed by atoms with Crippen molar-refractivity contribution in [1.29, 1.82) is 0 Å². The van der Waals surface area contributed by atoms with E-state index in [2.05, 4.69) is 5.32 Å². The number of piperidine rings is 1. The lowest BCUT2D eigenvalue weighted by atomic mass is 9.71. The Bertz CT molecular complexity index is 1120. The van der Waals surface area contributed by atoms with Gasteiger partial charge in [0.15, 0.2) is 0 Å². The lowest BCUT2D eigenvalue weighted by molar-refractivity contribution is -0.129. The first-order valence-corrected chi connectivity index (χ1v) is 12.5. The molecule has 33 heavy (non-hydrogen) atoms. The highest BCUT2D eigenvalue weighted by Crippen LogP contribution is 2.42. The van der Waals surface area contributed by atoms with E-state index in [0.29, 0.717) is 12.8 Å². The molecule has 1 aliphatic heterocycles. The number of furan rings is 1. The second kappa shape index (κ2) is 9.26. The van der Waals surface area contributed by atoms with E-state index in [0.717, 1.165) is 24.8 Å². The van der Waals surface area contributed by atoms with Gasteiger partial charge in [-0.05, 0) is 68.9 Å². The Labute approximate surface area is 192 Å². The number of halogens is 1. The number of rotatable bonds is 7. The molecule has 10 heteroatoms. The number of amides is 1. The molecule has 0 bridgehead atoms. The molecule has 2 aliphatic rings. The van der Waals surface area contributed by atoms with Crippen molar-refractivity contribution in [3.63, 3.8) is 0 Å². The van der Waals surface area contributed by atoms with Gasteiger partial charge in [0, 0.05) is 19.0 Å². The zero-order valence-electron chi connectivity index (χ0n) is 18.4. The van der Waals surface area contributed by atoms with Gasteiger partial charge in [-0.3, -0.25) is 4.79 Å². The number of benzene rings is 1. The molecule has 0 spiro atoms. The first-order chi connectivity index (χ1) is 15.7. The Kier molecular flexibility index (Phi) is 6.58. The minimum Gasteiger partial charge on any atom is -0.460 e. The van der Waals surface area contributed by atoms with Crippen LogP contribution in [0.2, 0.25) is 0 Å². The minimum atomic E-state index is -3.92. The molecular weight excluding hydrogens is 451 g/mol. The van der Waals surface area contributed by atoms with E-state index in [1.807, 2.05) is 0 Å². The summed E-state index contributed by atoms with van der Waals surface area (Å²) in [4.78, 5) is 24.7. The van der Waals surface area contributed by atoms with E-state index in [-0.39, 0.29) is 48.2 Å². The maximum atomic E-state index is 13.3. The molecule has 2 aromatic rings. The number of nitrogens with one attached hydrogen (secondary N) is 1. The van der Waals surface area contributed by atoms with Crippen LogP contribution in [0.5, 0.6) is 0 Å². The summed E-state index contributed by atoms with van der Waals surface area (Å²) in [6, 6.07) is 8.72. The van der Waals surface area contributed by atoms with Crippen LogP contribution in [0.1, 0.15) is 55.1 Å². The van der Waals surface area contributed by atoms with E-state index in [1.54, 1.807) is 19.1 Å². The molecule has 0 unspecified atom stereocenters. The highest BCUT2D eigenvalue weighted by molar-refractivity contribution is 7.89. The van der Waals surface area contributed by atoms with Gasteiger partial charge in [0.25, 0.3) is 10.0 Å². The molecule has 2 fully saturated rings. The van der Waals surface area contributed by atoms with Crippen LogP contribution < -0.4 is 5.32 Å². The molecular formula is C23H27FN2O6S. The standard InChI is InChI=1S/C23H27FN2O6S/c1-2-31-22(28)19-8-9-20(32-19)33(29,30)26-14-10-16(11-15-26)21(27)25-23(12-3-13-23)17-4-6-18(24)7-5-17/h4-9,16H,2-3,10-15H2,1H3,(H,25,27). The van der Waals surface area contributed by atoms with Crippen LogP contribution in [-0.2, 0) is 25.1 Å².